The number of rotatable bonds is 6. The standard InChI is InChI=1S/C8H12N4O4S2/c9-11-8-6(12(13)14)3-7(17-8)18(15,16)10-4-5-1-2-5/h3,5,10-11H,1-2,4,9H2. The van der Waals surface area contributed by atoms with Crippen molar-refractivity contribution in [3.8, 4) is 0 Å². The van der Waals surface area contributed by atoms with Crippen LogP contribution < -0.4 is 16.0 Å². The minimum absolute atomic E-state index is 0.0202. The lowest BCUT2D eigenvalue weighted by molar-refractivity contribution is -0.383. The summed E-state index contributed by atoms with van der Waals surface area (Å²) in [6.07, 6.45) is 2.03. The fourth-order valence-corrected chi connectivity index (χ4v) is 3.75. The van der Waals surface area contributed by atoms with Gasteiger partial charge in [-0.1, -0.05) is 11.3 Å². The Morgan fingerprint density at radius 1 is 1.56 bits per heavy atom. The molecule has 0 aromatic carbocycles. The Morgan fingerprint density at radius 3 is 2.67 bits per heavy atom. The Hall–Kier alpha value is -1.23. The van der Waals surface area contributed by atoms with E-state index in [1.165, 1.54) is 0 Å². The van der Waals surface area contributed by atoms with Crippen molar-refractivity contribution < 1.29 is 13.3 Å². The lowest BCUT2D eigenvalue weighted by Crippen LogP contribution is -2.25. The Morgan fingerprint density at radius 2 is 2.22 bits per heavy atom. The molecule has 0 atom stereocenters. The van der Waals surface area contributed by atoms with Crippen LogP contribution in [-0.2, 0) is 10.0 Å². The third-order valence-corrected chi connectivity index (χ3v) is 5.49. The van der Waals surface area contributed by atoms with Crippen molar-refractivity contribution in [2.24, 2.45) is 11.8 Å². The Bertz CT molecular complexity index is 564. The van der Waals surface area contributed by atoms with Crippen molar-refractivity contribution in [2.45, 2.75) is 17.1 Å². The van der Waals surface area contributed by atoms with Gasteiger partial charge in [0.05, 0.1) is 4.92 Å². The van der Waals surface area contributed by atoms with Crippen LogP contribution in [0.2, 0.25) is 0 Å². The molecule has 4 N–H and O–H groups in total. The van der Waals surface area contributed by atoms with E-state index in [4.69, 9.17) is 5.84 Å². The predicted octanol–water partition coefficient (Wildman–Crippen LogP) is 0.630. The largest absolute Gasteiger partial charge is 0.310 e. The van der Waals surface area contributed by atoms with E-state index in [1.807, 2.05) is 0 Å². The maximum absolute atomic E-state index is 11.9. The van der Waals surface area contributed by atoms with Crippen LogP contribution in [-0.4, -0.2) is 19.9 Å². The van der Waals surface area contributed by atoms with E-state index in [2.05, 4.69) is 10.1 Å². The average molecular weight is 292 g/mol. The van der Waals surface area contributed by atoms with E-state index in [0.717, 1.165) is 30.2 Å². The number of hydrogen-bond acceptors (Lipinski definition) is 7. The van der Waals surface area contributed by atoms with Gasteiger partial charge in [0.2, 0.25) is 10.0 Å². The molecule has 18 heavy (non-hydrogen) atoms. The molecule has 0 bridgehead atoms. The summed E-state index contributed by atoms with van der Waals surface area (Å²) in [4.78, 5) is 10.0. The normalized spacial score (nSPS) is 15.6. The van der Waals surface area contributed by atoms with Crippen molar-refractivity contribution in [3.63, 3.8) is 0 Å². The SMILES string of the molecule is NNc1sc(S(=O)(=O)NCC2CC2)cc1[N+](=O)[O-]. The summed E-state index contributed by atoms with van der Waals surface area (Å²) < 4.78 is 26.1. The van der Waals surface area contributed by atoms with Crippen LogP contribution in [0.4, 0.5) is 10.7 Å². The van der Waals surface area contributed by atoms with Crippen LogP contribution in [0.3, 0.4) is 0 Å². The molecule has 1 aromatic rings. The summed E-state index contributed by atoms with van der Waals surface area (Å²) in [7, 11) is -3.69. The zero-order valence-corrected chi connectivity index (χ0v) is 10.9. The van der Waals surface area contributed by atoms with Crippen LogP contribution in [0, 0.1) is 16.0 Å². The first-order valence-electron chi connectivity index (χ1n) is 5.18. The molecule has 0 spiro atoms. The molecule has 0 amide bonds. The van der Waals surface area contributed by atoms with Gasteiger partial charge in [-0.2, -0.15) is 0 Å². The number of anilines is 1. The average Bonchev–Trinajstić information content (AvgIpc) is 3.02. The molecule has 0 saturated heterocycles. The van der Waals surface area contributed by atoms with E-state index >= 15 is 0 Å². The third kappa shape index (κ3) is 2.77. The van der Waals surface area contributed by atoms with Crippen LogP contribution in [0.1, 0.15) is 12.8 Å². The summed E-state index contributed by atoms with van der Waals surface area (Å²) in [5.74, 6) is 5.51. The van der Waals surface area contributed by atoms with E-state index in [0.29, 0.717) is 12.5 Å². The number of hydrogen-bond donors (Lipinski definition) is 3. The maximum atomic E-state index is 11.9. The predicted molar refractivity (Wildman–Crippen MR) is 66.7 cm³/mol. The van der Waals surface area contributed by atoms with E-state index in [1.54, 1.807) is 0 Å². The van der Waals surface area contributed by atoms with Crippen molar-refractivity contribution in [3.05, 3.63) is 16.2 Å². The molecule has 0 radical (unpaired) electrons. The van der Waals surface area contributed by atoms with E-state index in [9.17, 15) is 18.5 Å². The molecular formula is C8H12N4O4S2. The van der Waals surface area contributed by atoms with Gasteiger partial charge in [0.15, 0.2) is 5.00 Å². The molecule has 1 aliphatic carbocycles. The summed E-state index contributed by atoms with van der Waals surface area (Å²) >= 11 is 0.739. The second-order valence-electron chi connectivity index (χ2n) is 3.98. The Labute approximate surface area is 107 Å². The summed E-state index contributed by atoms with van der Waals surface area (Å²) in [6, 6.07) is 1.01. The minimum atomic E-state index is -3.69. The fraction of sp³-hybridized carbons (Fsp3) is 0.500. The number of nitrogen functional groups attached to an aromatic ring is 1. The molecule has 1 aliphatic rings. The molecule has 10 heteroatoms. The van der Waals surface area contributed by atoms with Gasteiger partial charge in [-0.3, -0.25) is 10.1 Å². The zero-order valence-electron chi connectivity index (χ0n) is 9.25. The van der Waals surface area contributed by atoms with Gasteiger partial charge in [0, 0.05) is 12.6 Å². The number of nitrogens with one attached hydrogen (secondary N) is 2. The monoisotopic (exact) mass is 292 g/mol. The van der Waals surface area contributed by atoms with Gasteiger partial charge in [0.1, 0.15) is 4.21 Å². The topological polar surface area (TPSA) is 127 Å². The van der Waals surface area contributed by atoms with Crippen molar-refractivity contribution in [2.75, 3.05) is 12.0 Å². The van der Waals surface area contributed by atoms with Crippen molar-refractivity contribution >= 4 is 32.0 Å². The first-order chi connectivity index (χ1) is 8.44. The highest BCUT2D eigenvalue weighted by Crippen LogP contribution is 2.36. The van der Waals surface area contributed by atoms with Gasteiger partial charge >= 0.3 is 5.69 Å². The highest BCUT2D eigenvalue weighted by Gasteiger charge is 2.28. The molecule has 0 aliphatic heterocycles. The molecule has 1 fully saturated rings. The second-order valence-corrected chi connectivity index (χ2v) is 7.02. The van der Waals surface area contributed by atoms with Crippen LogP contribution in [0.5, 0.6) is 0 Å². The lowest BCUT2D eigenvalue weighted by Gasteiger charge is -2.02. The molecule has 0 unspecified atom stereocenters. The number of nitrogens with two attached hydrogens (primary N) is 1. The van der Waals surface area contributed by atoms with Gasteiger partial charge in [0.25, 0.3) is 0 Å². The highest BCUT2D eigenvalue weighted by atomic mass is 32.2. The molecule has 1 saturated carbocycles. The van der Waals surface area contributed by atoms with Crippen molar-refractivity contribution in [1.82, 2.24) is 4.72 Å². The molecule has 8 nitrogen and oxygen atoms in total. The van der Waals surface area contributed by atoms with Gasteiger partial charge in [-0.15, -0.1) is 0 Å². The van der Waals surface area contributed by atoms with Gasteiger partial charge in [-0.25, -0.2) is 19.0 Å². The number of nitrogens with zero attached hydrogens (tertiary/aromatic N) is 1. The summed E-state index contributed by atoms with van der Waals surface area (Å²) in [5.41, 5.74) is 1.79. The molecule has 100 valence electrons. The molecule has 1 aromatic heterocycles. The second kappa shape index (κ2) is 4.80. The number of sulfonamides is 1. The lowest BCUT2D eigenvalue weighted by atomic mass is 10.4. The number of nitro groups is 1. The van der Waals surface area contributed by atoms with Gasteiger partial charge in [-0.05, 0) is 18.8 Å². The molecule has 2 rings (SSSR count). The van der Waals surface area contributed by atoms with Crippen LogP contribution >= 0.6 is 11.3 Å². The first kappa shape index (κ1) is 13.2. The summed E-state index contributed by atoms with van der Waals surface area (Å²) in [6.45, 7) is 0.374. The van der Waals surface area contributed by atoms with Gasteiger partial charge < -0.3 is 5.43 Å². The number of thiophene rings is 1. The molecular weight excluding hydrogens is 280 g/mol. The highest BCUT2D eigenvalue weighted by molar-refractivity contribution is 7.91. The Balaban J connectivity index is 2.23. The van der Waals surface area contributed by atoms with Crippen LogP contribution in [0.15, 0.2) is 10.3 Å². The quantitative estimate of drug-likeness (QED) is 0.401. The smallest absolute Gasteiger partial charge is 0.306 e. The third-order valence-electron chi connectivity index (χ3n) is 2.54. The minimum Gasteiger partial charge on any atom is -0.310 e. The van der Waals surface area contributed by atoms with Crippen molar-refractivity contribution in [1.29, 1.82) is 0 Å². The van der Waals surface area contributed by atoms with Crippen LogP contribution in [0.25, 0.3) is 0 Å². The maximum Gasteiger partial charge on any atom is 0.306 e. The molecule has 1 heterocycles. The van der Waals surface area contributed by atoms with E-state index in [-0.39, 0.29) is 14.9 Å². The van der Waals surface area contributed by atoms with E-state index < -0.39 is 14.9 Å². The fourth-order valence-electron chi connectivity index (χ4n) is 1.35. The Kier molecular flexibility index (Phi) is 3.52. The summed E-state index contributed by atoms with van der Waals surface area (Å²) in [5, 5.41) is 10.7. The first-order valence-corrected chi connectivity index (χ1v) is 7.48. The zero-order chi connectivity index (χ0) is 13.3. The number of hydrazine groups is 1.